The lowest BCUT2D eigenvalue weighted by atomic mass is 10.2. The van der Waals surface area contributed by atoms with E-state index in [0.717, 1.165) is 11.1 Å². The minimum Gasteiger partial charge on any atom is -0.448 e. The highest BCUT2D eigenvalue weighted by molar-refractivity contribution is 7.13. The summed E-state index contributed by atoms with van der Waals surface area (Å²) in [6.45, 7) is 5.19. The first-order valence-electron chi connectivity index (χ1n) is 7.90. The second-order valence-corrected chi connectivity index (χ2v) is 6.62. The molecule has 0 saturated carbocycles. The lowest BCUT2D eigenvalue weighted by Gasteiger charge is -2.11. The zero-order chi connectivity index (χ0) is 18.7. The largest absolute Gasteiger partial charge is 0.448 e. The van der Waals surface area contributed by atoms with Crippen molar-refractivity contribution in [3.8, 4) is 10.6 Å². The molecule has 1 aromatic carbocycles. The second kappa shape index (κ2) is 7.49. The van der Waals surface area contributed by atoms with E-state index in [9.17, 15) is 9.59 Å². The summed E-state index contributed by atoms with van der Waals surface area (Å²) in [4.78, 5) is 28.6. The van der Waals surface area contributed by atoms with Crippen LogP contribution in [0.15, 0.2) is 40.2 Å². The van der Waals surface area contributed by atoms with Crippen molar-refractivity contribution >= 4 is 29.0 Å². The average Bonchev–Trinajstić information content (AvgIpc) is 3.25. The molecule has 2 heterocycles. The molecule has 0 saturated heterocycles. The third-order valence-corrected chi connectivity index (χ3v) is 4.44. The van der Waals surface area contributed by atoms with Crippen LogP contribution in [-0.2, 0) is 9.53 Å². The Morgan fingerprint density at radius 3 is 2.62 bits per heavy atom. The predicted molar refractivity (Wildman–Crippen MR) is 97.0 cm³/mol. The fourth-order valence-corrected chi connectivity index (χ4v) is 2.92. The lowest BCUT2D eigenvalue weighted by molar-refractivity contribution is -0.123. The highest BCUT2D eigenvalue weighted by Crippen LogP contribution is 2.24. The third-order valence-electron chi connectivity index (χ3n) is 3.54. The Kier molecular flexibility index (Phi) is 5.13. The van der Waals surface area contributed by atoms with Gasteiger partial charge in [0.15, 0.2) is 17.6 Å². The standard InChI is InChI=1S/C18H17N3O4S/c1-10-4-6-13(7-5-10)17-19-14(9-26-17)18(23)24-12(3)16(22)20-15-8-11(2)25-21-15/h4-9,12H,1-3H3,(H,20,21,22)/t12-/m1/s1. The van der Waals surface area contributed by atoms with E-state index in [1.807, 2.05) is 31.2 Å². The molecule has 3 aromatic rings. The molecule has 0 bridgehead atoms. The Bertz CT molecular complexity index is 930. The minimum absolute atomic E-state index is 0.169. The SMILES string of the molecule is Cc1ccc(-c2nc(C(=O)O[C@H](C)C(=O)Nc3cc(C)on3)cs2)cc1. The molecular weight excluding hydrogens is 354 g/mol. The van der Waals surface area contributed by atoms with Gasteiger partial charge in [0.05, 0.1) is 0 Å². The van der Waals surface area contributed by atoms with Crippen LogP contribution in [0.2, 0.25) is 0 Å². The zero-order valence-electron chi connectivity index (χ0n) is 14.5. The molecule has 0 unspecified atom stereocenters. The van der Waals surface area contributed by atoms with Crippen LogP contribution in [0.25, 0.3) is 10.6 Å². The first kappa shape index (κ1) is 17.8. The number of amides is 1. The van der Waals surface area contributed by atoms with Gasteiger partial charge in [-0.3, -0.25) is 4.79 Å². The van der Waals surface area contributed by atoms with Crippen molar-refractivity contribution in [2.75, 3.05) is 5.32 Å². The molecule has 0 aliphatic rings. The molecule has 7 nitrogen and oxygen atoms in total. The second-order valence-electron chi connectivity index (χ2n) is 5.76. The van der Waals surface area contributed by atoms with Gasteiger partial charge in [0.1, 0.15) is 10.8 Å². The number of aryl methyl sites for hydroxylation is 2. The van der Waals surface area contributed by atoms with Gasteiger partial charge in [0, 0.05) is 17.0 Å². The number of carbonyl (C=O) groups excluding carboxylic acids is 2. The van der Waals surface area contributed by atoms with Gasteiger partial charge in [0.25, 0.3) is 5.91 Å². The fourth-order valence-electron chi connectivity index (χ4n) is 2.12. The molecule has 0 fully saturated rings. The molecule has 1 amide bonds. The quantitative estimate of drug-likeness (QED) is 0.689. The van der Waals surface area contributed by atoms with Gasteiger partial charge in [-0.2, -0.15) is 0 Å². The molecular formula is C18H17N3O4S. The normalized spacial score (nSPS) is 11.8. The summed E-state index contributed by atoms with van der Waals surface area (Å²) in [5, 5.41) is 8.51. The Morgan fingerprint density at radius 2 is 1.96 bits per heavy atom. The maximum atomic E-state index is 12.2. The number of esters is 1. The van der Waals surface area contributed by atoms with E-state index in [0.29, 0.717) is 10.8 Å². The Morgan fingerprint density at radius 1 is 1.23 bits per heavy atom. The van der Waals surface area contributed by atoms with Crippen LogP contribution in [0, 0.1) is 13.8 Å². The van der Waals surface area contributed by atoms with Crippen molar-refractivity contribution in [1.82, 2.24) is 10.1 Å². The van der Waals surface area contributed by atoms with Gasteiger partial charge in [0.2, 0.25) is 0 Å². The van der Waals surface area contributed by atoms with E-state index in [1.165, 1.54) is 18.3 Å². The van der Waals surface area contributed by atoms with Crippen LogP contribution in [0.1, 0.15) is 28.7 Å². The monoisotopic (exact) mass is 371 g/mol. The number of carbonyl (C=O) groups is 2. The summed E-state index contributed by atoms with van der Waals surface area (Å²) in [6, 6.07) is 9.42. The van der Waals surface area contributed by atoms with Gasteiger partial charge >= 0.3 is 5.97 Å². The number of hydrogen-bond acceptors (Lipinski definition) is 7. The van der Waals surface area contributed by atoms with E-state index in [-0.39, 0.29) is 11.5 Å². The van der Waals surface area contributed by atoms with E-state index in [4.69, 9.17) is 9.26 Å². The van der Waals surface area contributed by atoms with Crippen molar-refractivity contribution < 1.29 is 18.8 Å². The number of benzene rings is 1. The Hall–Kier alpha value is -3.00. The van der Waals surface area contributed by atoms with Crippen molar-refractivity contribution in [2.45, 2.75) is 26.9 Å². The van der Waals surface area contributed by atoms with Crippen molar-refractivity contribution in [1.29, 1.82) is 0 Å². The first-order chi connectivity index (χ1) is 12.4. The molecule has 0 spiro atoms. The van der Waals surface area contributed by atoms with Crippen LogP contribution in [0.3, 0.4) is 0 Å². The third kappa shape index (κ3) is 4.15. The van der Waals surface area contributed by atoms with Crippen LogP contribution >= 0.6 is 11.3 Å². The summed E-state index contributed by atoms with van der Waals surface area (Å²) in [5.41, 5.74) is 2.24. The number of aromatic nitrogens is 2. The van der Waals surface area contributed by atoms with Gasteiger partial charge < -0.3 is 14.6 Å². The summed E-state index contributed by atoms with van der Waals surface area (Å²) in [6.07, 6.45) is -0.996. The van der Waals surface area contributed by atoms with Crippen molar-refractivity contribution in [2.24, 2.45) is 0 Å². The van der Waals surface area contributed by atoms with E-state index >= 15 is 0 Å². The molecule has 1 atom stereocenters. The predicted octanol–water partition coefficient (Wildman–Crippen LogP) is 3.60. The van der Waals surface area contributed by atoms with Crippen LogP contribution in [0.5, 0.6) is 0 Å². The van der Waals surface area contributed by atoms with Crippen LogP contribution in [0.4, 0.5) is 5.82 Å². The molecule has 0 aliphatic heterocycles. The molecule has 1 N–H and O–H groups in total. The minimum atomic E-state index is -0.996. The molecule has 8 heteroatoms. The topological polar surface area (TPSA) is 94.3 Å². The van der Waals surface area contributed by atoms with Gasteiger partial charge in [-0.25, -0.2) is 9.78 Å². The number of ether oxygens (including phenoxy) is 1. The highest BCUT2D eigenvalue weighted by Gasteiger charge is 2.22. The number of rotatable bonds is 5. The van der Waals surface area contributed by atoms with Crippen molar-refractivity contribution in [3.63, 3.8) is 0 Å². The maximum absolute atomic E-state index is 12.2. The lowest BCUT2D eigenvalue weighted by Crippen LogP contribution is -2.30. The van der Waals surface area contributed by atoms with Crippen LogP contribution in [-0.4, -0.2) is 28.1 Å². The fraction of sp³-hybridized carbons (Fsp3) is 0.222. The number of thiazole rings is 1. The average molecular weight is 371 g/mol. The van der Waals surface area contributed by atoms with Gasteiger partial charge in [-0.1, -0.05) is 35.0 Å². The van der Waals surface area contributed by atoms with Crippen LogP contribution < -0.4 is 5.32 Å². The van der Waals surface area contributed by atoms with Crippen molar-refractivity contribution in [3.05, 3.63) is 52.7 Å². The molecule has 134 valence electrons. The molecule has 0 aliphatic carbocycles. The summed E-state index contributed by atoms with van der Waals surface area (Å²) in [7, 11) is 0. The van der Waals surface area contributed by atoms with E-state index in [1.54, 1.807) is 18.4 Å². The number of anilines is 1. The van der Waals surface area contributed by atoms with E-state index in [2.05, 4.69) is 15.5 Å². The van der Waals surface area contributed by atoms with Gasteiger partial charge in [-0.15, -0.1) is 11.3 Å². The molecule has 26 heavy (non-hydrogen) atoms. The molecule has 0 radical (unpaired) electrons. The molecule has 3 rings (SSSR count). The summed E-state index contributed by atoms with van der Waals surface area (Å²) < 4.78 is 10.0. The highest BCUT2D eigenvalue weighted by atomic mass is 32.1. The number of hydrogen-bond donors (Lipinski definition) is 1. The Labute approximate surface area is 154 Å². The number of nitrogens with zero attached hydrogens (tertiary/aromatic N) is 2. The summed E-state index contributed by atoms with van der Waals surface area (Å²) >= 11 is 1.34. The smallest absolute Gasteiger partial charge is 0.358 e. The molecule has 2 aromatic heterocycles. The zero-order valence-corrected chi connectivity index (χ0v) is 15.3. The number of nitrogens with one attached hydrogen (secondary N) is 1. The first-order valence-corrected chi connectivity index (χ1v) is 8.78. The summed E-state index contributed by atoms with van der Waals surface area (Å²) in [5.74, 6) is -0.319. The Balaban J connectivity index is 1.62. The van der Waals surface area contributed by atoms with Gasteiger partial charge in [-0.05, 0) is 20.8 Å². The maximum Gasteiger partial charge on any atom is 0.358 e. The van der Waals surface area contributed by atoms with E-state index < -0.39 is 18.0 Å².